The number of fused-ring (bicyclic) bond motifs is 1. The largest absolute Gasteiger partial charge is 0.485 e. The van der Waals surface area contributed by atoms with E-state index in [0.717, 1.165) is 11.3 Å². The van der Waals surface area contributed by atoms with Crippen molar-refractivity contribution >= 4 is 17.3 Å². The van der Waals surface area contributed by atoms with Crippen molar-refractivity contribution in [1.29, 1.82) is 0 Å². The quantitative estimate of drug-likeness (QED) is 0.288. The highest BCUT2D eigenvalue weighted by atomic mass is 35.5. The van der Waals surface area contributed by atoms with Crippen LogP contribution in [-0.2, 0) is 35.0 Å². The van der Waals surface area contributed by atoms with E-state index in [2.05, 4.69) is 5.32 Å². The molecule has 0 bridgehead atoms. The first-order chi connectivity index (χ1) is 18.2. The summed E-state index contributed by atoms with van der Waals surface area (Å²) in [6, 6.07) is 14.2. The standard InChI is InChI=1S/C28H26ClF6NO3/c1-26(2)25(38-15-17-9-18(27(30,31)32)12-19(10-17)28(33,34)35)24(37-3)22-13-21(7-8-23(22)39-26)36-14-16-5-4-6-20(29)11-16/h4-13,24-25,36H,14-15H2,1-3H3. The summed E-state index contributed by atoms with van der Waals surface area (Å²) in [6.45, 7) is 3.39. The fourth-order valence-electron chi connectivity index (χ4n) is 4.52. The minimum atomic E-state index is -4.95. The van der Waals surface area contributed by atoms with Crippen LogP contribution in [-0.4, -0.2) is 18.8 Å². The van der Waals surface area contributed by atoms with Crippen LogP contribution < -0.4 is 10.1 Å². The molecule has 2 atom stereocenters. The van der Waals surface area contributed by atoms with Crippen LogP contribution >= 0.6 is 11.6 Å². The van der Waals surface area contributed by atoms with Crippen LogP contribution in [0.15, 0.2) is 60.7 Å². The van der Waals surface area contributed by atoms with Gasteiger partial charge in [-0.15, -0.1) is 0 Å². The average Bonchev–Trinajstić information content (AvgIpc) is 2.84. The van der Waals surface area contributed by atoms with Crippen molar-refractivity contribution in [2.45, 2.75) is 57.2 Å². The summed E-state index contributed by atoms with van der Waals surface area (Å²) in [7, 11) is 1.45. The molecule has 2 unspecified atom stereocenters. The Hall–Kier alpha value is -2.95. The van der Waals surface area contributed by atoms with Gasteiger partial charge in [0.15, 0.2) is 0 Å². The lowest BCUT2D eigenvalue weighted by atomic mass is 9.87. The number of methoxy groups -OCH3 is 1. The number of ether oxygens (including phenoxy) is 3. The summed E-state index contributed by atoms with van der Waals surface area (Å²) in [5, 5.41) is 3.90. The van der Waals surface area contributed by atoms with Crippen molar-refractivity contribution in [3.63, 3.8) is 0 Å². The molecule has 0 fully saturated rings. The SMILES string of the molecule is COC1c2cc(NCc3cccc(Cl)c3)ccc2OC(C)(C)C1OCc1cc(C(F)(F)F)cc(C(F)(F)F)c1. The summed E-state index contributed by atoms with van der Waals surface area (Å²) >= 11 is 6.05. The molecule has 0 saturated heterocycles. The van der Waals surface area contributed by atoms with E-state index in [1.807, 2.05) is 30.3 Å². The lowest BCUT2D eigenvalue weighted by Gasteiger charge is -2.44. The zero-order chi connectivity index (χ0) is 28.6. The van der Waals surface area contributed by atoms with Crippen molar-refractivity contribution < 1.29 is 40.6 Å². The van der Waals surface area contributed by atoms with Gasteiger partial charge in [-0.2, -0.15) is 26.3 Å². The van der Waals surface area contributed by atoms with E-state index in [1.54, 1.807) is 26.0 Å². The molecule has 0 aromatic heterocycles. The number of halogens is 7. The summed E-state index contributed by atoms with van der Waals surface area (Å²) in [6.07, 6.45) is -11.5. The van der Waals surface area contributed by atoms with E-state index in [0.29, 0.717) is 35.0 Å². The third kappa shape index (κ3) is 6.80. The molecule has 0 spiro atoms. The predicted octanol–water partition coefficient (Wildman–Crippen LogP) is 8.43. The molecule has 0 saturated carbocycles. The van der Waals surface area contributed by atoms with Crippen molar-refractivity contribution in [3.8, 4) is 5.75 Å². The second-order valence-electron chi connectivity index (χ2n) is 9.74. The second-order valence-corrected chi connectivity index (χ2v) is 10.2. The van der Waals surface area contributed by atoms with Crippen LogP contribution in [0.3, 0.4) is 0 Å². The van der Waals surface area contributed by atoms with E-state index in [9.17, 15) is 26.3 Å². The van der Waals surface area contributed by atoms with Gasteiger partial charge in [0, 0.05) is 29.9 Å². The third-order valence-electron chi connectivity index (χ3n) is 6.37. The van der Waals surface area contributed by atoms with Crippen molar-refractivity contribution in [1.82, 2.24) is 0 Å². The van der Waals surface area contributed by atoms with Crippen LogP contribution in [0.5, 0.6) is 5.75 Å². The molecule has 0 amide bonds. The number of alkyl halides is 6. The molecule has 4 nitrogen and oxygen atoms in total. The van der Waals surface area contributed by atoms with Gasteiger partial charge in [-0.1, -0.05) is 23.7 Å². The number of hydrogen-bond donors (Lipinski definition) is 1. The summed E-state index contributed by atoms with van der Waals surface area (Å²) in [4.78, 5) is 0. The lowest BCUT2D eigenvalue weighted by Crippen LogP contribution is -2.50. The number of nitrogens with one attached hydrogen (secondary N) is 1. The molecular formula is C28H26ClF6NO3. The fourth-order valence-corrected chi connectivity index (χ4v) is 4.73. The first-order valence-corrected chi connectivity index (χ1v) is 12.3. The molecule has 3 aromatic carbocycles. The first-order valence-electron chi connectivity index (χ1n) is 11.9. The molecule has 1 aliphatic heterocycles. The van der Waals surface area contributed by atoms with Crippen LogP contribution in [0.25, 0.3) is 0 Å². The Morgan fingerprint density at radius 1 is 0.897 bits per heavy atom. The molecule has 4 rings (SSSR count). The van der Waals surface area contributed by atoms with Crippen molar-refractivity contribution in [2.24, 2.45) is 0 Å². The Morgan fingerprint density at radius 3 is 2.15 bits per heavy atom. The Labute approximate surface area is 226 Å². The van der Waals surface area contributed by atoms with Crippen LogP contribution in [0, 0.1) is 0 Å². The normalized spacial score (nSPS) is 18.8. The highest BCUT2D eigenvalue weighted by Gasteiger charge is 2.45. The Bertz CT molecular complexity index is 1290. The van der Waals surface area contributed by atoms with Gasteiger partial charge in [0.05, 0.1) is 17.7 Å². The maximum Gasteiger partial charge on any atom is 0.416 e. The zero-order valence-electron chi connectivity index (χ0n) is 21.2. The maximum atomic E-state index is 13.3. The maximum absolute atomic E-state index is 13.3. The van der Waals surface area contributed by atoms with Gasteiger partial charge in [0.25, 0.3) is 0 Å². The minimum Gasteiger partial charge on any atom is -0.485 e. The van der Waals surface area contributed by atoms with Gasteiger partial charge >= 0.3 is 12.4 Å². The van der Waals surface area contributed by atoms with Crippen LogP contribution in [0.2, 0.25) is 5.02 Å². The molecule has 1 aliphatic rings. The van der Waals surface area contributed by atoms with Gasteiger partial charge in [-0.25, -0.2) is 0 Å². The van der Waals surface area contributed by atoms with Crippen molar-refractivity contribution in [3.05, 3.63) is 93.5 Å². The molecular weight excluding hydrogens is 548 g/mol. The molecule has 11 heteroatoms. The fraction of sp³-hybridized carbons (Fsp3) is 0.357. The highest BCUT2D eigenvalue weighted by Crippen LogP contribution is 2.45. The average molecular weight is 574 g/mol. The first kappa shape index (κ1) is 29.0. The number of benzene rings is 3. The monoisotopic (exact) mass is 573 g/mol. The third-order valence-corrected chi connectivity index (χ3v) is 6.60. The molecule has 39 heavy (non-hydrogen) atoms. The van der Waals surface area contributed by atoms with E-state index >= 15 is 0 Å². The second kappa shape index (κ2) is 10.9. The van der Waals surface area contributed by atoms with Crippen molar-refractivity contribution in [2.75, 3.05) is 12.4 Å². The summed E-state index contributed by atoms with van der Waals surface area (Å²) in [5.41, 5.74) is -1.77. The van der Waals surface area contributed by atoms with Crippen LogP contribution in [0.1, 0.15) is 47.8 Å². The molecule has 0 radical (unpaired) electrons. The Morgan fingerprint density at radius 2 is 1.56 bits per heavy atom. The smallest absolute Gasteiger partial charge is 0.416 e. The Kier molecular flexibility index (Phi) is 8.12. The van der Waals surface area contributed by atoms with Crippen LogP contribution in [0.4, 0.5) is 32.0 Å². The zero-order valence-corrected chi connectivity index (χ0v) is 22.0. The summed E-state index contributed by atoms with van der Waals surface area (Å²) < 4.78 is 97.6. The predicted molar refractivity (Wildman–Crippen MR) is 135 cm³/mol. The molecule has 3 aromatic rings. The van der Waals surface area contributed by atoms with E-state index in [-0.39, 0.29) is 11.6 Å². The van der Waals surface area contributed by atoms with E-state index < -0.39 is 47.9 Å². The topological polar surface area (TPSA) is 39.7 Å². The molecule has 1 N–H and O–H groups in total. The summed E-state index contributed by atoms with van der Waals surface area (Å²) in [5.74, 6) is 0.526. The lowest BCUT2D eigenvalue weighted by molar-refractivity contribution is -0.159. The van der Waals surface area contributed by atoms with Gasteiger partial charge < -0.3 is 19.5 Å². The van der Waals surface area contributed by atoms with Gasteiger partial charge in [0.1, 0.15) is 23.6 Å². The van der Waals surface area contributed by atoms with Gasteiger partial charge in [-0.3, -0.25) is 0 Å². The number of hydrogen-bond acceptors (Lipinski definition) is 4. The minimum absolute atomic E-state index is 0.0866. The van der Waals surface area contributed by atoms with Gasteiger partial charge in [-0.05, 0) is 73.5 Å². The number of anilines is 1. The molecule has 0 aliphatic carbocycles. The number of rotatable bonds is 7. The van der Waals surface area contributed by atoms with E-state index in [1.165, 1.54) is 7.11 Å². The van der Waals surface area contributed by atoms with E-state index in [4.69, 9.17) is 25.8 Å². The Balaban J connectivity index is 1.58. The highest BCUT2D eigenvalue weighted by molar-refractivity contribution is 6.30. The van der Waals surface area contributed by atoms with Gasteiger partial charge in [0.2, 0.25) is 0 Å². The molecule has 1 heterocycles. The molecule has 210 valence electrons.